The number of benzene rings is 3. The van der Waals surface area contributed by atoms with Gasteiger partial charge in [-0.05, 0) is 25.0 Å². The number of carbonyl (C=O) groups is 2. The summed E-state index contributed by atoms with van der Waals surface area (Å²) in [5, 5.41) is 26.3. The molecule has 0 aromatic heterocycles. The quantitative estimate of drug-likeness (QED) is 0.171. The summed E-state index contributed by atoms with van der Waals surface area (Å²) in [5.74, 6) is -3.35. The number of oxime groups is 1. The average molecular weight is 582 g/mol. The molecule has 0 spiro atoms. The first kappa shape index (κ1) is 30.0. The Hall–Kier alpha value is -5.96. The highest BCUT2D eigenvalue weighted by Gasteiger charge is 2.43. The molecule has 0 bridgehead atoms. The summed E-state index contributed by atoms with van der Waals surface area (Å²) < 4.78 is 10.0. The maximum Gasteiger partial charge on any atom is 0.355 e. The number of nitrogens with two attached hydrogens (primary N) is 1. The van der Waals surface area contributed by atoms with Gasteiger partial charge in [0.15, 0.2) is 5.75 Å². The number of allylic oxidation sites excluding steroid dienone is 1. The molecule has 12 nitrogen and oxygen atoms in total. The van der Waals surface area contributed by atoms with Gasteiger partial charge in [0.25, 0.3) is 5.69 Å². The number of ether oxygens (including phenoxy) is 2. The van der Waals surface area contributed by atoms with Crippen LogP contribution in [0.1, 0.15) is 29.5 Å². The number of nitro benzene ring substituents is 1. The molecule has 0 amide bonds. The molecule has 0 saturated heterocycles. The van der Waals surface area contributed by atoms with E-state index in [1.54, 1.807) is 37.3 Å². The van der Waals surface area contributed by atoms with Crippen LogP contribution >= 0.6 is 0 Å². The van der Waals surface area contributed by atoms with Crippen molar-refractivity contribution in [2.24, 2.45) is 10.9 Å². The molecular formula is C31H27N5O7. The third-order valence-corrected chi connectivity index (χ3v) is 6.71. The topological polar surface area (TPSA) is 170 Å². The lowest BCUT2D eigenvalue weighted by Crippen LogP contribution is -2.40. The van der Waals surface area contributed by atoms with Gasteiger partial charge in [-0.3, -0.25) is 15.0 Å². The highest BCUT2D eigenvalue weighted by Crippen LogP contribution is 2.44. The van der Waals surface area contributed by atoms with Crippen LogP contribution in [0, 0.1) is 28.4 Å². The Labute approximate surface area is 247 Å². The van der Waals surface area contributed by atoms with Gasteiger partial charge in [-0.25, -0.2) is 9.59 Å². The van der Waals surface area contributed by atoms with E-state index in [2.05, 4.69) is 5.16 Å². The van der Waals surface area contributed by atoms with Crippen LogP contribution in [-0.4, -0.2) is 36.8 Å². The van der Waals surface area contributed by atoms with Crippen molar-refractivity contribution in [3.05, 3.63) is 122 Å². The highest BCUT2D eigenvalue weighted by atomic mass is 16.6. The van der Waals surface area contributed by atoms with E-state index in [0.717, 1.165) is 42.4 Å². The molecule has 218 valence electrons. The standard InChI is InChI=1S/C31H27N5O7/c1-18-10-12-20(13-11-18)19(2)34-43-24-15-22(14-23(16-24)36(39)40)35-28(31(38)42-4)27(30(37)41-3)26(25(17-32)29(35)33)21-8-6-5-7-9-21/h5-16,26H,33H2,1-4H3. The summed E-state index contributed by atoms with van der Waals surface area (Å²) in [7, 11) is 2.22. The van der Waals surface area contributed by atoms with Crippen LogP contribution < -0.4 is 15.5 Å². The van der Waals surface area contributed by atoms with Gasteiger partial charge in [0.05, 0.1) is 59.7 Å². The number of anilines is 1. The Morgan fingerprint density at radius 3 is 2.26 bits per heavy atom. The van der Waals surface area contributed by atoms with E-state index >= 15 is 0 Å². The average Bonchev–Trinajstić information content (AvgIpc) is 3.02. The van der Waals surface area contributed by atoms with Crippen molar-refractivity contribution in [2.75, 3.05) is 19.1 Å². The fraction of sp³-hybridized carbons (Fsp3) is 0.161. The van der Waals surface area contributed by atoms with Crippen molar-refractivity contribution in [3.8, 4) is 11.8 Å². The number of nitro groups is 1. The van der Waals surface area contributed by atoms with E-state index in [0.29, 0.717) is 11.3 Å². The molecule has 0 radical (unpaired) electrons. The normalized spacial score (nSPS) is 15.1. The molecule has 0 aliphatic carbocycles. The molecule has 1 heterocycles. The minimum Gasteiger partial charge on any atom is -0.466 e. The second-order valence-corrected chi connectivity index (χ2v) is 9.41. The number of methoxy groups -OCH3 is 2. The largest absolute Gasteiger partial charge is 0.466 e. The monoisotopic (exact) mass is 581 g/mol. The Kier molecular flexibility index (Phi) is 8.86. The molecule has 1 aliphatic rings. The second-order valence-electron chi connectivity index (χ2n) is 9.41. The number of non-ortho nitro benzene ring substituents is 1. The van der Waals surface area contributed by atoms with Gasteiger partial charge in [-0.2, -0.15) is 5.26 Å². The van der Waals surface area contributed by atoms with Crippen molar-refractivity contribution in [1.29, 1.82) is 5.26 Å². The summed E-state index contributed by atoms with van der Waals surface area (Å²) >= 11 is 0. The van der Waals surface area contributed by atoms with Crippen molar-refractivity contribution in [3.63, 3.8) is 0 Å². The Balaban J connectivity index is 1.95. The third kappa shape index (κ3) is 6.06. The van der Waals surface area contributed by atoms with E-state index in [1.807, 2.05) is 37.3 Å². The van der Waals surface area contributed by atoms with Crippen molar-refractivity contribution < 1.29 is 28.8 Å². The molecule has 1 atom stereocenters. The number of aryl methyl sites for hydroxylation is 1. The zero-order valence-corrected chi connectivity index (χ0v) is 23.7. The van der Waals surface area contributed by atoms with E-state index in [9.17, 15) is 25.0 Å². The van der Waals surface area contributed by atoms with Gasteiger partial charge in [-0.15, -0.1) is 0 Å². The first-order valence-electron chi connectivity index (χ1n) is 12.8. The molecule has 1 aliphatic heterocycles. The Bertz CT molecular complexity index is 1720. The van der Waals surface area contributed by atoms with Crippen LogP contribution in [0.15, 0.2) is 101 Å². The zero-order chi connectivity index (χ0) is 31.3. The van der Waals surface area contributed by atoms with Crippen molar-refractivity contribution >= 4 is 29.0 Å². The van der Waals surface area contributed by atoms with Crippen LogP contribution in [0.4, 0.5) is 11.4 Å². The number of hydrogen-bond acceptors (Lipinski definition) is 11. The first-order valence-corrected chi connectivity index (χ1v) is 12.8. The summed E-state index contributed by atoms with van der Waals surface area (Å²) in [4.78, 5) is 44.5. The number of carbonyl (C=O) groups excluding carboxylic acids is 2. The predicted molar refractivity (Wildman–Crippen MR) is 157 cm³/mol. The van der Waals surface area contributed by atoms with Gasteiger partial charge >= 0.3 is 11.9 Å². The molecule has 3 aromatic rings. The maximum atomic E-state index is 13.3. The maximum absolute atomic E-state index is 13.3. The summed E-state index contributed by atoms with van der Waals surface area (Å²) in [6.07, 6.45) is 0. The minimum absolute atomic E-state index is 0.0639. The van der Waals surface area contributed by atoms with E-state index in [1.165, 1.54) is 6.07 Å². The molecule has 0 saturated carbocycles. The van der Waals surface area contributed by atoms with E-state index in [-0.39, 0.29) is 34.1 Å². The third-order valence-electron chi connectivity index (χ3n) is 6.71. The molecule has 1 unspecified atom stereocenters. The number of hydrogen-bond donors (Lipinski definition) is 1. The minimum atomic E-state index is -1.10. The lowest BCUT2D eigenvalue weighted by Gasteiger charge is -2.35. The molecule has 3 aromatic carbocycles. The molecule has 2 N–H and O–H groups in total. The lowest BCUT2D eigenvalue weighted by molar-refractivity contribution is -0.384. The van der Waals surface area contributed by atoms with Gasteiger partial charge in [0.2, 0.25) is 0 Å². The zero-order valence-electron chi connectivity index (χ0n) is 23.7. The van der Waals surface area contributed by atoms with Crippen LogP contribution in [-0.2, 0) is 19.1 Å². The lowest BCUT2D eigenvalue weighted by atomic mass is 9.81. The van der Waals surface area contributed by atoms with Crippen LogP contribution in [0.25, 0.3) is 0 Å². The van der Waals surface area contributed by atoms with E-state index in [4.69, 9.17) is 20.0 Å². The molecule has 43 heavy (non-hydrogen) atoms. The SMILES string of the molecule is COC(=O)C1=C(C(=O)OC)N(c2cc(ON=C(C)c3ccc(C)cc3)cc([N+](=O)[O-])c2)C(N)=C(C#N)C1c1ccccc1. The number of rotatable bonds is 8. The van der Waals surface area contributed by atoms with Crippen LogP contribution in [0.3, 0.4) is 0 Å². The Morgan fingerprint density at radius 1 is 1.02 bits per heavy atom. The molecule has 0 fully saturated rings. The summed E-state index contributed by atoms with van der Waals surface area (Å²) in [5.41, 5.74) is 8.09. The molecule has 12 heteroatoms. The molecular weight excluding hydrogens is 554 g/mol. The van der Waals surface area contributed by atoms with Crippen LogP contribution in [0.5, 0.6) is 5.75 Å². The van der Waals surface area contributed by atoms with E-state index < -0.39 is 28.5 Å². The number of nitriles is 1. The van der Waals surface area contributed by atoms with Gasteiger partial charge in [-0.1, -0.05) is 65.3 Å². The number of nitrogens with zero attached hydrogens (tertiary/aromatic N) is 4. The van der Waals surface area contributed by atoms with Gasteiger partial charge in [0, 0.05) is 12.1 Å². The predicted octanol–water partition coefficient (Wildman–Crippen LogP) is 4.60. The fourth-order valence-electron chi connectivity index (χ4n) is 4.61. The Morgan fingerprint density at radius 2 is 1.67 bits per heavy atom. The first-order chi connectivity index (χ1) is 20.6. The van der Waals surface area contributed by atoms with Gasteiger partial charge < -0.3 is 20.0 Å². The molecule has 4 rings (SSSR count). The fourth-order valence-corrected chi connectivity index (χ4v) is 4.61. The van der Waals surface area contributed by atoms with Gasteiger partial charge in [0.1, 0.15) is 11.5 Å². The van der Waals surface area contributed by atoms with Crippen molar-refractivity contribution in [2.45, 2.75) is 19.8 Å². The number of esters is 2. The smallest absolute Gasteiger partial charge is 0.355 e. The highest BCUT2D eigenvalue weighted by molar-refractivity contribution is 6.06. The van der Waals surface area contributed by atoms with Crippen molar-refractivity contribution in [1.82, 2.24) is 0 Å². The summed E-state index contributed by atoms with van der Waals surface area (Å²) in [6, 6.07) is 21.6. The second kappa shape index (κ2) is 12.7. The van der Waals surface area contributed by atoms with Crippen LogP contribution in [0.2, 0.25) is 0 Å². The summed E-state index contributed by atoms with van der Waals surface area (Å²) in [6.45, 7) is 3.65.